The van der Waals surface area contributed by atoms with Crippen molar-refractivity contribution in [2.24, 2.45) is 0 Å². The fraction of sp³-hybridized carbons (Fsp3) is 0.444. The molecule has 0 fully saturated rings. The van der Waals surface area contributed by atoms with E-state index in [4.69, 9.17) is 5.11 Å². The molecule has 0 radical (unpaired) electrons. The fourth-order valence-corrected chi connectivity index (χ4v) is 3.36. The standard InChI is InChI=1S/C18H24NO.2ClH.Ti/c1-13(8-7-11-20)17-15-10-6-5-9-14(15)12-16(17)19-18(2,3)4;;;/h5-6,9-10,19-20H,7-8,11H2,1-4H3;2*1H;/q;;;+2/p-2. The van der Waals surface area contributed by atoms with Crippen molar-refractivity contribution in [1.82, 2.24) is 5.32 Å². The van der Waals surface area contributed by atoms with E-state index in [1.165, 1.54) is 31.8 Å². The number of allylic oxidation sites excluding steroid dienone is 2. The molecule has 0 bridgehead atoms. The molecular formula is C18H24Cl2NOTi. The Kier molecular flexibility index (Phi) is 9.19. The van der Waals surface area contributed by atoms with Crippen LogP contribution in [0.2, 0.25) is 0 Å². The minimum Gasteiger partial charge on any atom is -1.00 e. The Morgan fingerprint density at radius 1 is 1.13 bits per heavy atom. The molecule has 0 unspecified atom stereocenters. The summed E-state index contributed by atoms with van der Waals surface area (Å²) in [7, 11) is 0. The van der Waals surface area contributed by atoms with Crippen LogP contribution in [0.25, 0.3) is 9.45 Å². The van der Waals surface area contributed by atoms with E-state index in [0.717, 1.165) is 12.8 Å². The molecule has 0 spiro atoms. The normalized spacial score (nSPS) is 15.6. The fourth-order valence-electron chi connectivity index (χ4n) is 2.73. The Labute approximate surface area is 164 Å². The average Bonchev–Trinajstić information content (AvgIpc) is 2.68. The van der Waals surface area contributed by atoms with Gasteiger partial charge in [-0.05, 0) is 0 Å². The van der Waals surface area contributed by atoms with Gasteiger partial charge >= 0.3 is 140 Å². The van der Waals surface area contributed by atoms with E-state index >= 15 is 0 Å². The number of hydrogen-bond donors (Lipinski definition) is 2. The maximum atomic E-state index is 9.11. The van der Waals surface area contributed by atoms with Crippen molar-refractivity contribution in [2.75, 3.05) is 6.61 Å². The summed E-state index contributed by atoms with van der Waals surface area (Å²) >= 11 is 2.19. The van der Waals surface area contributed by atoms with Crippen molar-refractivity contribution in [3.8, 4) is 0 Å². The van der Waals surface area contributed by atoms with Crippen molar-refractivity contribution in [1.29, 1.82) is 0 Å². The molecule has 23 heavy (non-hydrogen) atoms. The predicted molar refractivity (Wildman–Crippen MR) is 85.2 cm³/mol. The molecule has 1 aliphatic carbocycles. The van der Waals surface area contributed by atoms with Crippen LogP contribution >= 0.6 is 0 Å². The van der Waals surface area contributed by atoms with Gasteiger partial charge in [0.25, 0.3) is 0 Å². The van der Waals surface area contributed by atoms with Crippen LogP contribution in [0.1, 0.15) is 51.7 Å². The molecule has 5 heteroatoms. The summed E-state index contributed by atoms with van der Waals surface area (Å²) in [6.07, 6.45) is 1.75. The molecule has 125 valence electrons. The molecule has 1 aromatic rings. The SMILES string of the molecule is CC(CCCO)=C1C(NC(C)(C)C)=[C]([Ti+2])c2ccccc21.[Cl-].[Cl-]. The zero-order chi connectivity index (χ0) is 15.6. The number of benzene rings is 1. The summed E-state index contributed by atoms with van der Waals surface area (Å²) < 4.78 is 1.32. The van der Waals surface area contributed by atoms with E-state index in [1.807, 2.05) is 0 Å². The number of aliphatic hydroxyl groups excluding tert-OH is 1. The second kappa shape index (κ2) is 9.29. The number of nitrogens with one attached hydrogen (secondary N) is 1. The monoisotopic (exact) mass is 388 g/mol. The first-order valence-electron chi connectivity index (χ1n) is 7.50. The summed E-state index contributed by atoms with van der Waals surface area (Å²) in [5, 5.41) is 12.8. The van der Waals surface area contributed by atoms with E-state index in [0.29, 0.717) is 0 Å². The molecule has 0 saturated heterocycles. The van der Waals surface area contributed by atoms with Crippen LogP contribution in [0.15, 0.2) is 35.5 Å². The van der Waals surface area contributed by atoms with E-state index < -0.39 is 0 Å². The number of fused-ring (bicyclic) bond motifs is 1. The van der Waals surface area contributed by atoms with Crippen LogP contribution in [-0.2, 0) is 20.4 Å². The predicted octanol–water partition coefficient (Wildman–Crippen LogP) is -2.14. The summed E-state index contributed by atoms with van der Waals surface area (Å²) in [6, 6.07) is 8.60. The molecule has 2 N–H and O–H groups in total. The third-order valence-corrected chi connectivity index (χ3v) is 4.41. The first-order valence-corrected chi connectivity index (χ1v) is 8.28. The Bertz CT molecular complexity index is 603. The van der Waals surface area contributed by atoms with Gasteiger partial charge in [0.15, 0.2) is 0 Å². The van der Waals surface area contributed by atoms with Crippen LogP contribution in [0.3, 0.4) is 0 Å². The summed E-state index contributed by atoms with van der Waals surface area (Å²) in [5.41, 5.74) is 6.59. The van der Waals surface area contributed by atoms with E-state index in [1.54, 1.807) is 0 Å². The molecule has 0 saturated carbocycles. The van der Waals surface area contributed by atoms with Crippen LogP contribution in [-0.4, -0.2) is 17.3 Å². The van der Waals surface area contributed by atoms with E-state index in [2.05, 4.69) is 77.7 Å². The largest absolute Gasteiger partial charge is 1.00 e. The number of rotatable bonds is 4. The van der Waals surface area contributed by atoms with Gasteiger partial charge < -0.3 is 24.8 Å². The first-order chi connectivity index (χ1) is 9.85. The quantitative estimate of drug-likeness (QED) is 0.577. The third-order valence-electron chi connectivity index (χ3n) is 3.60. The number of aliphatic hydroxyl groups is 1. The summed E-state index contributed by atoms with van der Waals surface area (Å²) in [6.45, 7) is 9.01. The molecule has 0 atom stereocenters. The van der Waals surface area contributed by atoms with Crippen LogP contribution in [0, 0.1) is 0 Å². The molecule has 1 aromatic carbocycles. The van der Waals surface area contributed by atoms with Crippen molar-refractivity contribution >= 4 is 9.45 Å². The topological polar surface area (TPSA) is 32.3 Å². The Hall–Kier alpha value is -0.246. The zero-order valence-corrected chi connectivity index (χ0v) is 17.2. The second-order valence-electron chi connectivity index (χ2n) is 6.65. The van der Waals surface area contributed by atoms with E-state index in [-0.39, 0.29) is 37.0 Å². The van der Waals surface area contributed by atoms with E-state index in [9.17, 15) is 0 Å². The molecule has 0 heterocycles. The molecule has 2 rings (SSSR count). The van der Waals surface area contributed by atoms with Crippen molar-refractivity contribution in [3.05, 3.63) is 46.7 Å². The second-order valence-corrected chi connectivity index (χ2v) is 7.43. The first kappa shape index (κ1) is 22.8. The molecule has 2 nitrogen and oxygen atoms in total. The number of hydrogen-bond acceptors (Lipinski definition) is 2. The molecular weight excluding hydrogens is 365 g/mol. The Morgan fingerprint density at radius 2 is 1.70 bits per heavy atom. The van der Waals surface area contributed by atoms with Gasteiger partial charge in [0.05, 0.1) is 0 Å². The maximum Gasteiger partial charge on any atom is -1.00 e. The van der Waals surface area contributed by atoms with Gasteiger partial charge in [-0.2, -0.15) is 0 Å². The molecule has 0 aliphatic heterocycles. The van der Waals surface area contributed by atoms with Crippen LogP contribution < -0.4 is 30.1 Å². The van der Waals surface area contributed by atoms with Gasteiger partial charge in [-0.25, -0.2) is 0 Å². The van der Waals surface area contributed by atoms with Gasteiger partial charge in [-0.3, -0.25) is 0 Å². The van der Waals surface area contributed by atoms with Crippen molar-refractivity contribution < 1.29 is 50.4 Å². The smallest absolute Gasteiger partial charge is 1.00 e. The molecule has 0 aromatic heterocycles. The third kappa shape index (κ3) is 5.37. The summed E-state index contributed by atoms with van der Waals surface area (Å²) in [5.74, 6) is 0. The van der Waals surface area contributed by atoms with Crippen LogP contribution in [0.5, 0.6) is 0 Å². The Balaban J connectivity index is 0.00000242. The minimum absolute atomic E-state index is 0. The van der Waals surface area contributed by atoms with Crippen molar-refractivity contribution in [3.63, 3.8) is 0 Å². The van der Waals surface area contributed by atoms with Gasteiger partial charge in [0.2, 0.25) is 0 Å². The van der Waals surface area contributed by atoms with Crippen LogP contribution in [0.4, 0.5) is 0 Å². The number of halogens is 2. The zero-order valence-electron chi connectivity index (χ0n) is 14.1. The van der Waals surface area contributed by atoms with Gasteiger partial charge in [0.1, 0.15) is 0 Å². The average molecular weight is 389 g/mol. The van der Waals surface area contributed by atoms with Gasteiger partial charge in [-0.1, -0.05) is 0 Å². The summed E-state index contributed by atoms with van der Waals surface area (Å²) in [4.78, 5) is 0. The minimum atomic E-state index is 0. The molecule has 0 amide bonds. The van der Waals surface area contributed by atoms with Gasteiger partial charge in [-0.15, -0.1) is 0 Å². The Morgan fingerprint density at radius 3 is 2.22 bits per heavy atom. The van der Waals surface area contributed by atoms with Gasteiger partial charge in [0, 0.05) is 0 Å². The van der Waals surface area contributed by atoms with Crippen molar-refractivity contribution in [2.45, 2.75) is 46.1 Å². The maximum absolute atomic E-state index is 9.11. The molecule has 1 aliphatic rings.